The lowest BCUT2D eigenvalue weighted by Crippen LogP contribution is -2.37. The second-order valence-electron chi connectivity index (χ2n) is 1.58. The maximum absolute atomic E-state index is 11.3. The van der Waals surface area contributed by atoms with Crippen LogP contribution in [0.25, 0.3) is 0 Å². The lowest BCUT2D eigenvalue weighted by molar-refractivity contribution is -0.157. The van der Waals surface area contributed by atoms with Gasteiger partial charge in [0.15, 0.2) is 0 Å². The van der Waals surface area contributed by atoms with E-state index in [1.54, 1.807) is 5.32 Å². The third kappa shape index (κ3) is 5.80. The Morgan fingerprint density at radius 3 is 2.40 bits per heavy atom. The number of nitrogens with one attached hydrogen (secondary N) is 1. The van der Waals surface area contributed by atoms with Gasteiger partial charge in [-0.15, -0.1) is 0 Å². The molecule has 0 rings (SSSR count). The first-order valence-corrected chi connectivity index (χ1v) is 2.46. The van der Waals surface area contributed by atoms with Gasteiger partial charge in [-0.25, -0.2) is 0 Å². The van der Waals surface area contributed by atoms with Crippen LogP contribution in [0.3, 0.4) is 0 Å². The molecule has 62 valence electrons. The summed E-state index contributed by atoms with van der Waals surface area (Å²) in [5.41, 5.74) is 0. The number of aliphatic hydroxyl groups excluding tert-OH is 1. The molecule has 0 saturated carbocycles. The van der Waals surface area contributed by atoms with E-state index in [-0.39, 0.29) is 0 Å². The highest BCUT2D eigenvalue weighted by molar-refractivity contribution is 4.52. The van der Waals surface area contributed by atoms with Gasteiger partial charge in [-0.3, -0.25) is 5.32 Å². The Morgan fingerprint density at radius 1 is 1.60 bits per heavy atom. The Labute approximate surface area is 55.8 Å². The predicted octanol–water partition coefficient (Wildman–Crippen LogP) is 0.0606. The quantitative estimate of drug-likeness (QED) is 0.572. The van der Waals surface area contributed by atoms with Crippen molar-refractivity contribution in [2.45, 2.75) is 12.6 Å². The smallest absolute Gasteiger partial charge is 0.356 e. The number of hydrogen-bond acceptors (Lipinski definition) is 3. The number of ether oxygens (including phenoxy) is 1. The zero-order valence-corrected chi connectivity index (χ0v) is 5.27. The van der Waals surface area contributed by atoms with Crippen LogP contribution in [0.5, 0.6) is 0 Å². The SMILES string of the molecule is COC(O)NCC(F)(F)F. The van der Waals surface area contributed by atoms with Crippen molar-refractivity contribution in [3.8, 4) is 0 Å². The van der Waals surface area contributed by atoms with Crippen molar-refractivity contribution in [1.29, 1.82) is 0 Å². The monoisotopic (exact) mass is 159 g/mol. The van der Waals surface area contributed by atoms with Crippen LogP contribution >= 0.6 is 0 Å². The summed E-state index contributed by atoms with van der Waals surface area (Å²) in [6.07, 6.45) is -5.87. The van der Waals surface area contributed by atoms with E-state index < -0.39 is 19.1 Å². The molecule has 2 N–H and O–H groups in total. The Balaban J connectivity index is 3.36. The summed E-state index contributed by atoms with van der Waals surface area (Å²) in [7, 11) is 1.09. The summed E-state index contributed by atoms with van der Waals surface area (Å²) in [5.74, 6) is 0. The molecule has 10 heavy (non-hydrogen) atoms. The van der Waals surface area contributed by atoms with Crippen molar-refractivity contribution in [3.05, 3.63) is 0 Å². The van der Waals surface area contributed by atoms with Crippen LogP contribution in [0.2, 0.25) is 0 Å². The summed E-state index contributed by atoms with van der Waals surface area (Å²) in [4.78, 5) is 0. The Kier molecular flexibility index (Phi) is 3.62. The fourth-order valence-corrected chi connectivity index (χ4v) is 0.286. The molecule has 0 heterocycles. The lowest BCUT2D eigenvalue weighted by Gasteiger charge is -2.11. The first-order valence-electron chi connectivity index (χ1n) is 2.46. The summed E-state index contributed by atoms with van der Waals surface area (Å²) in [6.45, 7) is -1.26. The summed E-state index contributed by atoms with van der Waals surface area (Å²) in [5, 5.41) is 10.1. The normalized spacial score (nSPS) is 15.3. The minimum Gasteiger partial charge on any atom is -0.356 e. The standard InChI is InChI=1S/C4H8F3NO2/c1-10-3(9)8-2-4(5,6)7/h3,8-9H,2H2,1H3. The fraction of sp³-hybridized carbons (Fsp3) is 1.00. The Hall–Kier alpha value is -0.330. The van der Waals surface area contributed by atoms with Crippen molar-refractivity contribution in [1.82, 2.24) is 5.32 Å². The van der Waals surface area contributed by atoms with Gasteiger partial charge in [-0.1, -0.05) is 0 Å². The molecule has 0 amide bonds. The summed E-state index contributed by atoms with van der Waals surface area (Å²) < 4.78 is 38.1. The van der Waals surface area contributed by atoms with E-state index in [4.69, 9.17) is 5.11 Å². The summed E-state index contributed by atoms with van der Waals surface area (Å²) >= 11 is 0. The minimum absolute atomic E-state index is 1.09. The van der Waals surface area contributed by atoms with Gasteiger partial charge < -0.3 is 9.84 Å². The summed E-state index contributed by atoms with van der Waals surface area (Å²) in [6, 6.07) is 0. The molecule has 0 aromatic carbocycles. The predicted molar refractivity (Wildman–Crippen MR) is 27.1 cm³/mol. The zero-order chi connectivity index (χ0) is 8.20. The van der Waals surface area contributed by atoms with Crippen molar-refractivity contribution in [2.24, 2.45) is 0 Å². The van der Waals surface area contributed by atoms with E-state index >= 15 is 0 Å². The Bertz CT molecular complexity index is 95.0. The van der Waals surface area contributed by atoms with Gasteiger partial charge in [0.2, 0.25) is 6.41 Å². The molecule has 1 atom stereocenters. The lowest BCUT2D eigenvalue weighted by atomic mass is 10.6. The maximum atomic E-state index is 11.3. The van der Waals surface area contributed by atoms with E-state index in [9.17, 15) is 13.2 Å². The van der Waals surface area contributed by atoms with Crippen molar-refractivity contribution in [2.75, 3.05) is 13.7 Å². The molecular formula is C4H8F3NO2. The topological polar surface area (TPSA) is 41.5 Å². The highest BCUT2D eigenvalue weighted by atomic mass is 19.4. The largest absolute Gasteiger partial charge is 0.401 e. The molecule has 0 fully saturated rings. The van der Waals surface area contributed by atoms with Gasteiger partial charge in [-0.05, 0) is 0 Å². The highest BCUT2D eigenvalue weighted by Gasteiger charge is 2.27. The van der Waals surface area contributed by atoms with Gasteiger partial charge in [0.05, 0.1) is 6.54 Å². The van der Waals surface area contributed by atoms with Crippen LogP contribution in [0.4, 0.5) is 13.2 Å². The van der Waals surface area contributed by atoms with E-state index in [0.717, 1.165) is 7.11 Å². The first-order chi connectivity index (χ1) is 4.45. The van der Waals surface area contributed by atoms with Crippen LogP contribution in [-0.4, -0.2) is 31.4 Å². The van der Waals surface area contributed by atoms with Crippen molar-refractivity contribution < 1.29 is 23.0 Å². The van der Waals surface area contributed by atoms with Gasteiger partial charge >= 0.3 is 6.18 Å². The molecule has 0 spiro atoms. The number of methoxy groups -OCH3 is 1. The van der Waals surface area contributed by atoms with Crippen LogP contribution in [0.15, 0.2) is 0 Å². The van der Waals surface area contributed by atoms with Crippen molar-refractivity contribution in [3.63, 3.8) is 0 Å². The van der Waals surface area contributed by atoms with Gasteiger partial charge in [0.1, 0.15) is 0 Å². The molecule has 0 bridgehead atoms. The number of hydrogen-bond donors (Lipinski definition) is 2. The molecular weight excluding hydrogens is 151 g/mol. The number of rotatable bonds is 3. The molecule has 3 nitrogen and oxygen atoms in total. The van der Waals surface area contributed by atoms with Gasteiger partial charge in [0, 0.05) is 7.11 Å². The Morgan fingerprint density at radius 2 is 2.10 bits per heavy atom. The number of aliphatic hydroxyl groups is 1. The van der Waals surface area contributed by atoms with Crippen LogP contribution in [0.1, 0.15) is 0 Å². The first kappa shape index (κ1) is 9.67. The van der Waals surface area contributed by atoms with Gasteiger partial charge in [0.25, 0.3) is 0 Å². The van der Waals surface area contributed by atoms with Crippen molar-refractivity contribution >= 4 is 0 Å². The molecule has 0 aliphatic carbocycles. The van der Waals surface area contributed by atoms with Crippen LogP contribution in [0, 0.1) is 0 Å². The molecule has 0 aromatic rings. The second kappa shape index (κ2) is 3.75. The number of alkyl halides is 3. The van der Waals surface area contributed by atoms with Crippen LogP contribution in [-0.2, 0) is 4.74 Å². The molecule has 0 radical (unpaired) electrons. The maximum Gasteiger partial charge on any atom is 0.401 e. The number of halogens is 3. The molecule has 0 aliphatic rings. The van der Waals surface area contributed by atoms with E-state index in [1.807, 2.05) is 0 Å². The zero-order valence-electron chi connectivity index (χ0n) is 5.27. The van der Waals surface area contributed by atoms with E-state index in [0.29, 0.717) is 0 Å². The van der Waals surface area contributed by atoms with E-state index in [1.165, 1.54) is 0 Å². The van der Waals surface area contributed by atoms with Crippen LogP contribution < -0.4 is 5.32 Å². The average molecular weight is 159 g/mol. The van der Waals surface area contributed by atoms with Gasteiger partial charge in [-0.2, -0.15) is 13.2 Å². The van der Waals surface area contributed by atoms with E-state index in [2.05, 4.69) is 4.74 Å². The molecule has 6 heteroatoms. The highest BCUT2D eigenvalue weighted by Crippen LogP contribution is 2.12. The molecule has 1 unspecified atom stereocenters. The minimum atomic E-state index is -4.32. The fourth-order valence-electron chi connectivity index (χ4n) is 0.286. The average Bonchev–Trinajstić information content (AvgIpc) is 1.81. The molecule has 0 saturated heterocycles. The molecule has 0 aromatic heterocycles. The molecule has 0 aliphatic heterocycles. The third-order valence-electron chi connectivity index (χ3n) is 0.700. The second-order valence-corrected chi connectivity index (χ2v) is 1.58. The third-order valence-corrected chi connectivity index (χ3v) is 0.700.